The Bertz CT molecular complexity index is 84.1. The molecule has 8 heavy (non-hydrogen) atoms. The fraction of sp³-hybridized carbons (Fsp3) is 0.500. The first-order valence-electron chi connectivity index (χ1n) is 2.01. The largest absolute Gasteiger partial charge is 0.400 e. The minimum absolute atomic E-state index is 0.293. The molecule has 0 fully saturated rings. The second-order valence-electron chi connectivity index (χ2n) is 1.11. The van der Waals surface area contributed by atoms with E-state index < -0.39 is 0 Å². The highest BCUT2D eigenvalue weighted by molar-refractivity contribution is 9.11. The summed E-state index contributed by atoms with van der Waals surface area (Å²) in [4.78, 5) is 10.3. The highest BCUT2D eigenvalue weighted by Crippen LogP contribution is 1.90. The molecule has 0 aromatic heterocycles. The molecule has 0 saturated heterocycles. The van der Waals surface area contributed by atoms with E-state index in [4.69, 9.17) is 5.73 Å². The molecular weight excluding hydrogens is 174 g/mol. The minimum atomic E-state index is 0.293. The highest BCUT2D eigenvalue weighted by atomic mass is 79.9. The molecule has 4 heteroatoms. The van der Waals surface area contributed by atoms with Crippen molar-refractivity contribution in [3.05, 3.63) is 10.7 Å². The summed E-state index contributed by atoms with van der Waals surface area (Å²) in [6.45, 7) is 0.293. The van der Waals surface area contributed by atoms with Crippen molar-refractivity contribution >= 4 is 15.9 Å². The topological polar surface area (TPSA) is 44.5 Å². The third kappa shape index (κ3) is 4.11. The molecule has 0 aliphatic heterocycles. The molecule has 0 saturated carbocycles. The van der Waals surface area contributed by atoms with E-state index in [1.807, 2.05) is 0 Å². The van der Waals surface area contributed by atoms with Gasteiger partial charge in [0, 0.05) is 10.7 Å². The van der Waals surface area contributed by atoms with Gasteiger partial charge in [0.25, 0.3) is 0 Å². The van der Waals surface area contributed by atoms with Crippen molar-refractivity contribution in [3.8, 4) is 0 Å². The summed E-state index contributed by atoms with van der Waals surface area (Å²) in [5.74, 6) is 0. The summed E-state index contributed by atoms with van der Waals surface area (Å²) in [7, 11) is 1.43. The van der Waals surface area contributed by atoms with Crippen molar-refractivity contribution in [1.29, 1.82) is 0 Å². The van der Waals surface area contributed by atoms with Crippen LogP contribution in [-0.2, 0) is 9.78 Å². The number of rotatable bonds is 3. The normalized spacial score (nSPS) is 12.0. The molecule has 2 N–H and O–H groups in total. The molecule has 0 bridgehead atoms. The average molecular weight is 182 g/mol. The molecule has 0 radical (unpaired) electrons. The smallest absolute Gasteiger partial charge is 0.122 e. The van der Waals surface area contributed by atoms with Crippen LogP contribution in [0.2, 0.25) is 0 Å². The quantitative estimate of drug-likeness (QED) is 0.517. The van der Waals surface area contributed by atoms with E-state index >= 15 is 0 Å². The van der Waals surface area contributed by atoms with E-state index in [0.29, 0.717) is 12.3 Å². The second kappa shape index (κ2) is 5.08. The minimum Gasteiger partial charge on any atom is -0.400 e. The molecule has 0 atom stereocenters. The highest BCUT2D eigenvalue weighted by Gasteiger charge is 1.85. The lowest BCUT2D eigenvalue weighted by atomic mass is 10.6. The Morgan fingerprint density at radius 2 is 2.50 bits per heavy atom. The summed E-state index contributed by atoms with van der Waals surface area (Å²) < 4.78 is 0. The molecule has 0 aliphatic carbocycles. The summed E-state index contributed by atoms with van der Waals surface area (Å²) in [5, 5.41) is 0. The van der Waals surface area contributed by atoms with Crippen molar-refractivity contribution in [2.75, 3.05) is 13.7 Å². The Labute approximate surface area is 56.5 Å². The zero-order chi connectivity index (χ0) is 6.41. The maximum atomic E-state index is 5.27. The Balaban J connectivity index is 3.12. The zero-order valence-electron chi connectivity index (χ0n) is 4.56. The van der Waals surface area contributed by atoms with Crippen molar-refractivity contribution in [3.63, 3.8) is 0 Å². The maximum Gasteiger partial charge on any atom is 0.122 e. The van der Waals surface area contributed by atoms with E-state index in [9.17, 15) is 0 Å². The van der Waals surface area contributed by atoms with Gasteiger partial charge in [-0.25, -0.2) is 9.78 Å². The van der Waals surface area contributed by atoms with E-state index in [-0.39, 0.29) is 0 Å². The molecule has 0 amide bonds. The SMILES string of the molecule is COOC/C(N)=C/Br. The monoisotopic (exact) mass is 181 g/mol. The van der Waals surface area contributed by atoms with Gasteiger partial charge in [-0.2, -0.15) is 0 Å². The molecule has 0 heterocycles. The predicted molar refractivity (Wildman–Crippen MR) is 34.2 cm³/mol. The van der Waals surface area contributed by atoms with Gasteiger partial charge in [0.15, 0.2) is 0 Å². The lowest BCUT2D eigenvalue weighted by Gasteiger charge is -1.96. The van der Waals surface area contributed by atoms with E-state index in [1.54, 1.807) is 4.99 Å². The van der Waals surface area contributed by atoms with Crippen molar-refractivity contribution in [2.45, 2.75) is 0 Å². The van der Waals surface area contributed by atoms with Gasteiger partial charge < -0.3 is 5.73 Å². The van der Waals surface area contributed by atoms with Crippen LogP contribution < -0.4 is 5.73 Å². The molecule has 0 aliphatic rings. The van der Waals surface area contributed by atoms with Gasteiger partial charge in [-0.1, -0.05) is 15.9 Å². The second-order valence-corrected chi connectivity index (χ2v) is 1.57. The summed E-state index contributed by atoms with van der Waals surface area (Å²) in [6, 6.07) is 0. The van der Waals surface area contributed by atoms with E-state index in [0.717, 1.165) is 0 Å². The summed E-state index contributed by atoms with van der Waals surface area (Å²) in [6.07, 6.45) is 0. The average Bonchev–Trinajstić information content (AvgIpc) is 1.83. The molecule has 0 rings (SSSR count). The van der Waals surface area contributed by atoms with Crippen molar-refractivity contribution in [1.82, 2.24) is 0 Å². The lowest BCUT2D eigenvalue weighted by Crippen LogP contribution is -2.04. The van der Waals surface area contributed by atoms with Crippen LogP contribution in [0.25, 0.3) is 0 Å². The molecule has 3 nitrogen and oxygen atoms in total. The van der Waals surface area contributed by atoms with Crippen LogP contribution >= 0.6 is 15.9 Å². The Morgan fingerprint density at radius 3 is 2.88 bits per heavy atom. The molecule has 0 aromatic rings. The first-order valence-corrected chi connectivity index (χ1v) is 2.93. The Kier molecular flexibility index (Phi) is 5.05. The van der Waals surface area contributed by atoms with Gasteiger partial charge in [-0.05, 0) is 0 Å². The Morgan fingerprint density at radius 1 is 1.88 bits per heavy atom. The molecule has 0 aromatic carbocycles. The van der Waals surface area contributed by atoms with Crippen LogP contribution in [0.5, 0.6) is 0 Å². The van der Waals surface area contributed by atoms with E-state index in [1.165, 1.54) is 7.11 Å². The third-order valence-electron chi connectivity index (χ3n) is 0.484. The zero-order valence-corrected chi connectivity index (χ0v) is 6.14. The molecular formula is C4H8BrNO2. The van der Waals surface area contributed by atoms with Gasteiger partial charge in [0.2, 0.25) is 0 Å². The third-order valence-corrected chi connectivity index (χ3v) is 1.07. The van der Waals surface area contributed by atoms with E-state index in [2.05, 4.69) is 25.7 Å². The Hall–Kier alpha value is -0.0600. The number of halogens is 1. The van der Waals surface area contributed by atoms with Gasteiger partial charge >= 0.3 is 0 Å². The van der Waals surface area contributed by atoms with Gasteiger partial charge in [-0.15, -0.1) is 0 Å². The first-order chi connectivity index (χ1) is 3.81. The van der Waals surface area contributed by atoms with Crippen molar-refractivity contribution < 1.29 is 9.78 Å². The van der Waals surface area contributed by atoms with Crippen LogP contribution in [0.1, 0.15) is 0 Å². The van der Waals surface area contributed by atoms with Crippen LogP contribution in [0.15, 0.2) is 10.7 Å². The lowest BCUT2D eigenvalue weighted by molar-refractivity contribution is -0.265. The maximum absolute atomic E-state index is 5.27. The number of hydrogen-bond acceptors (Lipinski definition) is 3. The predicted octanol–water partition coefficient (Wildman–Crippen LogP) is 0.759. The van der Waals surface area contributed by atoms with Crippen LogP contribution in [0.3, 0.4) is 0 Å². The van der Waals surface area contributed by atoms with Crippen LogP contribution in [0, 0.1) is 0 Å². The standard InChI is InChI=1S/C4H8BrNO2/c1-7-8-3-4(6)2-5/h2H,3,6H2,1H3/b4-2-. The van der Waals surface area contributed by atoms with Crippen LogP contribution in [-0.4, -0.2) is 13.7 Å². The van der Waals surface area contributed by atoms with Gasteiger partial charge in [0.05, 0.1) is 7.11 Å². The number of hydrogen-bond donors (Lipinski definition) is 1. The summed E-state index contributed by atoms with van der Waals surface area (Å²) in [5.41, 5.74) is 5.86. The molecule has 0 unspecified atom stereocenters. The van der Waals surface area contributed by atoms with Crippen molar-refractivity contribution in [2.24, 2.45) is 5.73 Å². The first kappa shape index (κ1) is 7.94. The fourth-order valence-corrected chi connectivity index (χ4v) is 0.291. The molecule has 48 valence electrons. The fourth-order valence-electron chi connectivity index (χ4n) is 0.158. The van der Waals surface area contributed by atoms with Crippen LogP contribution in [0.4, 0.5) is 0 Å². The number of nitrogens with two attached hydrogens (primary N) is 1. The summed E-state index contributed by atoms with van der Waals surface area (Å²) >= 11 is 3.02. The molecule has 0 spiro atoms. The van der Waals surface area contributed by atoms with Gasteiger partial charge in [-0.3, -0.25) is 0 Å². The van der Waals surface area contributed by atoms with Gasteiger partial charge in [0.1, 0.15) is 6.61 Å².